The van der Waals surface area contributed by atoms with E-state index in [-0.39, 0.29) is 22.1 Å². The number of H-pyrrole nitrogens is 1. The number of aromatic nitrogens is 2. The molecule has 0 spiro atoms. The van der Waals surface area contributed by atoms with Gasteiger partial charge >= 0.3 is 21.7 Å². The molecule has 0 aliphatic carbocycles. The highest BCUT2D eigenvalue weighted by Gasteiger charge is 2.52. The van der Waals surface area contributed by atoms with E-state index >= 15 is 0 Å². The number of hydrogen-bond donors (Lipinski definition) is 1. The van der Waals surface area contributed by atoms with Crippen molar-refractivity contribution in [1.82, 2.24) is 14.3 Å². The molecule has 3 rings (SSSR count). The lowest BCUT2D eigenvalue weighted by Crippen LogP contribution is -2.52. The molecule has 1 aliphatic rings. The normalized spacial score (nSPS) is 19.0. The number of fused-ring (bicyclic) bond motifs is 1. The summed E-state index contributed by atoms with van der Waals surface area (Å²) in [6, 6.07) is 1.93. The standard InChI is InChI=1S/C19H22F6N4O2S/c1-17(2,3)16-10-28(32(30,31)19(23,24)25)8-12-6-13(18(20,21)22)4-5-15(12)29(16)9-14-7-26-11-27-14/h4-7,11,16H,8-10H2,1-3H3,(H,26,27). The van der Waals surface area contributed by atoms with Crippen molar-refractivity contribution >= 4 is 15.7 Å². The molecule has 0 fully saturated rings. The van der Waals surface area contributed by atoms with Crippen molar-refractivity contribution in [1.29, 1.82) is 0 Å². The van der Waals surface area contributed by atoms with Crippen molar-refractivity contribution in [3.8, 4) is 0 Å². The summed E-state index contributed by atoms with van der Waals surface area (Å²) >= 11 is 0. The van der Waals surface area contributed by atoms with Gasteiger partial charge in [-0.25, -0.2) is 13.4 Å². The Kier molecular flexibility index (Phi) is 6.05. The predicted octanol–water partition coefficient (Wildman–Crippen LogP) is 4.52. The van der Waals surface area contributed by atoms with Gasteiger partial charge in [0.1, 0.15) is 0 Å². The molecule has 1 aliphatic heterocycles. The Bertz CT molecular complexity index is 1060. The number of nitrogens with zero attached hydrogens (tertiary/aromatic N) is 3. The van der Waals surface area contributed by atoms with Gasteiger partial charge in [-0.1, -0.05) is 20.8 Å². The van der Waals surface area contributed by atoms with Crippen molar-refractivity contribution in [3.63, 3.8) is 0 Å². The summed E-state index contributed by atoms with van der Waals surface area (Å²) in [7, 11) is -5.79. The minimum atomic E-state index is -5.79. The van der Waals surface area contributed by atoms with Gasteiger partial charge in [-0.05, 0) is 29.2 Å². The van der Waals surface area contributed by atoms with Gasteiger partial charge in [0, 0.05) is 31.0 Å². The Morgan fingerprint density at radius 1 is 1.12 bits per heavy atom. The molecule has 0 amide bonds. The van der Waals surface area contributed by atoms with Crippen LogP contribution in [0.1, 0.15) is 37.6 Å². The van der Waals surface area contributed by atoms with E-state index in [1.165, 1.54) is 18.6 Å². The molecule has 1 atom stereocenters. The Labute approximate surface area is 181 Å². The zero-order valence-corrected chi connectivity index (χ0v) is 18.2. The molecule has 2 heterocycles. The highest BCUT2D eigenvalue weighted by atomic mass is 32.2. The summed E-state index contributed by atoms with van der Waals surface area (Å²) < 4.78 is 105. The Morgan fingerprint density at radius 2 is 1.78 bits per heavy atom. The van der Waals surface area contributed by atoms with Crippen molar-refractivity contribution in [3.05, 3.63) is 47.5 Å². The molecule has 13 heteroatoms. The number of sulfonamides is 1. The van der Waals surface area contributed by atoms with E-state index in [4.69, 9.17) is 0 Å². The molecule has 1 aromatic carbocycles. The molecule has 0 saturated carbocycles. The van der Waals surface area contributed by atoms with E-state index in [1.807, 2.05) is 0 Å². The lowest BCUT2D eigenvalue weighted by Gasteiger charge is -2.42. The average Bonchev–Trinajstić information content (AvgIpc) is 3.07. The molecular weight excluding hydrogens is 462 g/mol. The zero-order valence-electron chi connectivity index (χ0n) is 17.4. The van der Waals surface area contributed by atoms with Crippen molar-refractivity contribution in [2.45, 2.75) is 51.6 Å². The monoisotopic (exact) mass is 484 g/mol. The molecular formula is C19H22F6N4O2S. The van der Waals surface area contributed by atoms with E-state index in [2.05, 4.69) is 9.97 Å². The SMILES string of the molecule is CC(C)(C)C1CN(S(=O)(=O)C(F)(F)F)Cc2cc(C(F)(F)F)ccc2N1Cc1cnc[nH]1. The van der Waals surface area contributed by atoms with Gasteiger partial charge in [-0.3, -0.25) is 0 Å². The van der Waals surface area contributed by atoms with Crippen molar-refractivity contribution < 1.29 is 34.8 Å². The minimum absolute atomic E-state index is 0.0835. The second-order valence-electron chi connectivity index (χ2n) is 8.67. The van der Waals surface area contributed by atoms with Crippen LogP contribution in [0.3, 0.4) is 0 Å². The topological polar surface area (TPSA) is 69.3 Å². The third-order valence-corrected chi connectivity index (χ3v) is 6.89. The van der Waals surface area contributed by atoms with Gasteiger partial charge in [0.2, 0.25) is 0 Å². The van der Waals surface area contributed by atoms with Crippen LogP contribution < -0.4 is 4.90 Å². The fourth-order valence-corrected chi connectivity index (χ4v) is 4.64. The lowest BCUT2D eigenvalue weighted by atomic mass is 9.85. The highest BCUT2D eigenvalue weighted by Crippen LogP contribution is 2.41. The summed E-state index contributed by atoms with van der Waals surface area (Å²) in [5, 5.41) is 0. The van der Waals surface area contributed by atoms with Gasteiger partial charge in [0.15, 0.2) is 0 Å². The molecule has 0 bridgehead atoms. The van der Waals surface area contributed by atoms with Gasteiger partial charge in [0.05, 0.1) is 24.1 Å². The maximum absolute atomic E-state index is 13.4. The van der Waals surface area contributed by atoms with Crippen LogP contribution in [0.4, 0.5) is 32.0 Å². The summed E-state index contributed by atoms with van der Waals surface area (Å²) in [6.45, 7) is 3.87. The molecule has 178 valence electrons. The van der Waals surface area contributed by atoms with Crippen LogP contribution in [-0.4, -0.2) is 40.8 Å². The van der Waals surface area contributed by atoms with Crippen LogP contribution in [0.25, 0.3) is 0 Å². The van der Waals surface area contributed by atoms with E-state index in [1.54, 1.807) is 25.7 Å². The number of rotatable bonds is 3. The van der Waals surface area contributed by atoms with E-state index in [9.17, 15) is 34.8 Å². The lowest BCUT2D eigenvalue weighted by molar-refractivity contribution is -0.137. The highest BCUT2D eigenvalue weighted by molar-refractivity contribution is 7.89. The van der Waals surface area contributed by atoms with Crippen LogP contribution in [0.5, 0.6) is 0 Å². The maximum atomic E-state index is 13.4. The molecule has 32 heavy (non-hydrogen) atoms. The van der Waals surface area contributed by atoms with E-state index in [0.717, 1.165) is 6.07 Å². The maximum Gasteiger partial charge on any atom is 0.511 e. The van der Waals surface area contributed by atoms with Crippen LogP contribution in [0.15, 0.2) is 30.7 Å². The van der Waals surface area contributed by atoms with Gasteiger partial charge in [-0.15, -0.1) is 0 Å². The first-order valence-electron chi connectivity index (χ1n) is 9.52. The largest absolute Gasteiger partial charge is 0.511 e. The van der Waals surface area contributed by atoms with Gasteiger partial charge in [0.25, 0.3) is 0 Å². The number of nitrogens with one attached hydrogen (secondary N) is 1. The first-order valence-corrected chi connectivity index (χ1v) is 11.0. The minimum Gasteiger partial charge on any atom is -0.361 e. The molecule has 6 nitrogen and oxygen atoms in total. The number of anilines is 1. The first-order chi connectivity index (χ1) is 14.5. The van der Waals surface area contributed by atoms with Crippen molar-refractivity contribution in [2.75, 3.05) is 11.4 Å². The summed E-state index contributed by atoms with van der Waals surface area (Å²) in [6.07, 6.45) is -1.86. The smallest absolute Gasteiger partial charge is 0.361 e. The molecule has 1 N–H and O–H groups in total. The fraction of sp³-hybridized carbons (Fsp3) is 0.526. The number of alkyl halides is 6. The van der Waals surface area contributed by atoms with E-state index in [0.29, 0.717) is 11.8 Å². The third kappa shape index (κ3) is 4.72. The number of aromatic amines is 1. The summed E-state index contributed by atoms with van der Waals surface area (Å²) in [4.78, 5) is 8.40. The third-order valence-electron chi connectivity index (χ3n) is 5.34. The van der Waals surface area contributed by atoms with Crippen LogP contribution in [-0.2, 0) is 29.3 Å². The van der Waals surface area contributed by atoms with Crippen LogP contribution in [0, 0.1) is 5.41 Å². The fourth-order valence-electron chi connectivity index (χ4n) is 3.70. The number of benzene rings is 1. The van der Waals surface area contributed by atoms with Gasteiger partial charge < -0.3 is 9.88 Å². The van der Waals surface area contributed by atoms with Crippen LogP contribution >= 0.6 is 0 Å². The molecule has 0 saturated heterocycles. The summed E-state index contributed by atoms with van der Waals surface area (Å²) in [5.74, 6) is 0. The van der Waals surface area contributed by atoms with Gasteiger partial charge in [-0.2, -0.15) is 30.6 Å². The Morgan fingerprint density at radius 3 is 2.28 bits per heavy atom. The van der Waals surface area contributed by atoms with E-state index < -0.39 is 51.8 Å². The summed E-state index contributed by atoms with van der Waals surface area (Å²) in [5.41, 5.74) is -6.76. The molecule has 2 aromatic rings. The average molecular weight is 484 g/mol. The predicted molar refractivity (Wildman–Crippen MR) is 105 cm³/mol. The first kappa shape index (κ1) is 24.4. The molecule has 1 unspecified atom stereocenters. The van der Waals surface area contributed by atoms with Crippen LogP contribution in [0.2, 0.25) is 0 Å². The number of halogens is 6. The number of hydrogen-bond acceptors (Lipinski definition) is 4. The second kappa shape index (κ2) is 7.94. The van der Waals surface area contributed by atoms with Crippen molar-refractivity contribution in [2.24, 2.45) is 5.41 Å². The molecule has 1 aromatic heterocycles. The quantitative estimate of drug-likeness (QED) is 0.651. The Hall–Kier alpha value is -2.28. The second-order valence-corrected chi connectivity index (χ2v) is 10.6. The Balaban J connectivity index is 2.22. The molecule has 0 radical (unpaired) electrons. The number of imidazole rings is 1. The zero-order chi connectivity index (χ0) is 24.1.